The minimum absolute atomic E-state index is 0.522. The van der Waals surface area contributed by atoms with Gasteiger partial charge in [0.2, 0.25) is 0 Å². The van der Waals surface area contributed by atoms with Gasteiger partial charge in [-0.1, -0.05) is 29.8 Å². The molecule has 2 heteroatoms. The number of piperidine rings is 2. The first kappa shape index (κ1) is 9.68. The molecule has 4 rings (SSSR count). The Morgan fingerprint density at radius 1 is 1.33 bits per heavy atom. The lowest BCUT2D eigenvalue weighted by atomic mass is 9.57. The van der Waals surface area contributed by atoms with Gasteiger partial charge >= 0.3 is 0 Å². The van der Waals surface area contributed by atoms with Gasteiger partial charge < -0.3 is 5.32 Å². The molecule has 0 aromatic heterocycles. The van der Waals surface area contributed by atoms with E-state index in [9.17, 15) is 0 Å². The summed E-state index contributed by atoms with van der Waals surface area (Å²) in [6, 6.07) is 8.26. The zero-order valence-corrected chi connectivity index (χ0v) is 9.56. The number of hydrogen-bond acceptors (Lipinski definition) is 1. The van der Waals surface area contributed by atoms with Crippen LogP contribution in [0.25, 0.3) is 0 Å². The zero-order chi connectivity index (χ0) is 10.3. The highest BCUT2D eigenvalue weighted by molar-refractivity contribution is 6.31. The zero-order valence-electron chi connectivity index (χ0n) is 8.80. The van der Waals surface area contributed by atoms with Gasteiger partial charge in [0.15, 0.2) is 0 Å². The Balaban J connectivity index is 1.78. The molecule has 1 aromatic carbocycles. The van der Waals surface area contributed by atoms with Crippen LogP contribution in [0.2, 0.25) is 5.02 Å². The standard InChI is InChI=1S/C13H16ClN/c14-12-4-2-1-3-11(12)7-13-5-10(6-13)8-15-9-13/h1-4,10,15H,5-9H2. The van der Waals surface area contributed by atoms with Crippen molar-refractivity contribution in [2.75, 3.05) is 13.1 Å². The third-order valence-corrected chi connectivity index (χ3v) is 4.27. The number of nitrogens with one attached hydrogen (secondary N) is 1. The van der Waals surface area contributed by atoms with Crippen LogP contribution in [0.3, 0.4) is 0 Å². The molecule has 2 heterocycles. The van der Waals surface area contributed by atoms with Gasteiger partial charge in [-0.25, -0.2) is 0 Å². The van der Waals surface area contributed by atoms with E-state index in [0.717, 1.165) is 17.4 Å². The molecule has 3 aliphatic rings. The van der Waals surface area contributed by atoms with Crippen LogP contribution in [0, 0.1) is 11.3 Å². The maximum Gasteiger partial charge on any atom is 0.0438 e. The van der Waals surface area contributed by atoms with Crippen molar-refractivity contribution < 1.29 is 0 Å². The van der Waals surface area contributed by atoms with Crippen LogP contribution >= 0.6 is 11.6 Å². The second-order valence-corrected chi connectivity index (χ2v) is 5.58. The fourth-order valence-electron chi connectivity index (χ4n) is 3.25. The van der Waals surface area contributed by atoms with E-state index < -0.39 is 0 Å². The van der Waals surface area contributed by atoms with E-state index in [2.05, 4.69) is 17.4 Å². The Labute approximate surface area is 95.8 Å². The van der Waals surface area contributed by atoms with E-state index in [-0.39, 0.29) is 0 Å². The van der Waals surface area contributed by atoms with Crippen molar-refractivity contribution in [2.24, 2.45) is 11.3 Å². The average Bonchev–Trinajstić information content (AvgIpc) is 2.21. The van der Waals surface area contributed by atoms with Gasteiger partial charge in [0.25, 0.3) is 0 Å². The molecule has 80 valence electrons. The molecule has 1 aromatic rings. The first-order valence-corrected chi connectivity index (χ1v) is 6.09. The molecule has 0 radical (unpaired) electrons. The van der Waals surface area contributed by atoms with E-state index in [1.54, 1.807) is 0 Å². The summed E-state index contributed by atoms with van der Waals surface area (Å²) in [5.74, 6) is 0.932. The van der Waals surface area contributed by atoms with Crippen molar-refractivity contribution in [2.45, 2.75) is 19.3 Å². The molecule has 0 atom stereocenters. The summed E-state index contributed by atoms with van der Waals surface area (Å²) in [7, 11) is 0. The minimum Gasteiger partial charge on any atom is -0.316 e. The van der Waals surface area contributed by atoms with Gasteiger partial charge in [0.1, 0.15) is 0 Å². The Hall–Kier alpha value is -0.530. The van der Waals surface area contributed by atoms with Crippen LogP contribution in [0.1, 0.15) is 18.4 Å². The van der Waals surface area contributed by atoms with Crippen LogP contribution < -0.4 is 5.32 Å². The van der Waals surface area contributed by atoms with Gasteiger partial charge in [0, 0.05) is 11.6 Å². The largest absolute Gasteiger partial charge is 0.316 e. The second-order valence-electron chi connectivity index (χ2n) is 5.17. The summed E-state index contributed by atoms with van der Waals surface area (Å²) >= 11 is 6.20. The molecule has 1 nitrogen and oxygen atoms in total. The Bertz CT molecular complexity index is 363. The van der Waals surface area contributed by atoms with Crippen LogP contribution in [0.5, 0.6) is 0 Å². The minimum atomic E-state index is 0.522. The molecule has 15 heavy (non-hydrogen) atoms. The fraction of sp³-hybridized carbons (Fsp3) is 0.538. The normalized spacial score (nSPS) is 33.5. The molecule has 0 unspecified atom stereocenters. The molecule has 0 spiro atoms. The van der Waals surface area contributed by atoms with Gasteiger partial charge in [0.05, 0.1) is 0 Å². The molecule has 2 saturated heterocycles. The maximum absolute atomic E-state index is 6.20. The molecule has 1 N–H and O–H groups in total. The summed E-state index contributed by atoms with van der Waals surface area (Å²) in [4.78, 5) is 0. The molecular weight excluding hydrogens is 206 g/mol. The fourth-order valence-corrected chi connectivity index (χ4v) is 3.45. The molecule has 1 saturated carbocycles. The van der Waals surface area contributed by atoms with Crippen molar-refractivity contribution >= 4 is 11.6 Å². The monoisotopic (exact) mass is 221 g/mol. The molecular formula is C13H16ClN. The van der Waals surface area contributed by atoms with Crippen molar-refractivity contribution in [3.05, 3.63) is 34.9 Å². The van der Waals surface area contributed by atoms with Gasteiger partial charge in [-0.2, -0.15) is 0 Å². The topological polar surface area (TPSA) is 12.0 Å². The van der Waals surface area contributed by atoms with Crippen molar-refractivity contribution in [3.8, 4) is 0 Å². The lowest BCUT2D eigenvalue weighted by molar-refractivity contribution is 0.0146. The highest BCUT2D eigenvalue weighted by Gasteiger charge is 2.46. The summed E-state index contributed by atoms with van der Waals surface area (Å²) in [6.45, 7) is 2.40. The van der Waals surface area contributed by atoms with E-state index in [4.69, 9.17) is 11.6 Å². The number of benzene rings is 1. The lowest BCUT2D eigenvalue weighted by Gasteiger charge is -2.53. The highest BCUT2D eigenvalue weighted by Crippen LogP contribution is 2.50. The highest BCUT2D eigenvalue weighted by atomic mass is 35.5. The van der Waals surface area contributed by atoms with Crippen molar-refractivity contribution in [3.63, 3.8) is 0 Å². The predicted octanol–water partition coefficient (Wildman–Crippen LogP) is 2.88. The number of rotatable bonds is 2. The maximum atomic E-state index is 6.20. The first-order valence-electron chi connectivity index (χ1n) is 5.72. The molecule has 2 bridgehead atoms. The Morgan fingerprint density at radius 2 is 2.13 bits per heavy atom. The van der Waals surface area contributed by atoms with Crippen molar-refractivity contribution in [1.29, 1.82) is 0 Å². The van der Waals surface area contributed by atoms with E-state index in [1.165, 1.54) is 31.5 Å². The predicted molar refractivity (Wildman–Crippen MR) is 63.2 cm³/mol. The third-order valence-electron chi connectivity index (χ3n) is 3.90. The Morgan fingerprint density at radius 3 is 2.80 bits per heavy atom. The quantitative estimate of drug-likeness (QED) is 0.810. The van der Waals surface area contributed by atoms with Gasteiger partial charge in [-0.05, 0) is 48.8 Å². The van der Waals surface area contributed by atoms with Crippen LogP contribution in [0.15, 0.2) is 24.3 Å². The van der Waals surface area contributed by atoms with E-state index in [0.29, 0.717) is 5.41 Å². The first-order chi connectivity index (χ1) is 7.27. The summed E-state index contributed by atoms with van der Waals surface area (Å²) in [6.07, 6.45) is 3.94. The smallest absolute Gasteiger partial charge is 0.0438 e. The summed E-state index contributed by atoms with van der Waals surface area (Å²) in [5, 5.41) is 4.45. The molecule has 1 aliphatic carbocycles. The second kappa shape index (κ2) is 3.50. The Kier molecular flexibility index (Phi) is 2.26. The van der Waals surface area contributed by atoms with Gasteiger partial charge in [-0.3, -0.25) is 0 Å². The number of halogens is 1. The van der Waals surface area contributed by atoms with Crippen LogP contribution in [0.4, 0.5) is 0 Å². The van der Waals surface area contributed by atoms with Crippen LogP contribution in [-0.2, 0) is 6.42 Å². The molecule has 3 fully saturated rings. The number of fused-ring (bicyclic) bond motifs is 2. The molecule has 0 amide bonds. The van der Waals surface area contributed by atoms with Crippen molar-refractivity contribution in [1.82, 2.24) is 5.32 Å². The summed E-state index contributed by atoms with van der Waals surface area (Å²) < 4.78 is 0. The lowest BCUT2D eigenvalue weighted by Crippen LogP contribution is -2.55. The van der Waals surface area contributed by atoms with E-state index in [1.807, 2.05) is 12.1 Å². The summed E-state index contributed by atoms with van der Waals surface area (Å²) in [5.41, 5.74) is 1.84. The number of hydrogen-bond donors (Lipinski definition) is 1. The van der Waals surface area contributed by atoms with Gasteiger partial charge in [-0.15, -0.1) is 0 Å². The van der Waals surface area contributed by atoms with Crippen LogP contribution in [-0.4, -0.2) is 13.1 Å². The average molecular weight is 222 g/mol. The SMILES string of the molecule is Clc1ccccc1CC12CNCC(C1)C2. The molecule has 2 aliphatic heterocycles. The third kappa shape index (κ3) is 1.68. The van der Waals surface area contributed by atoms with E-state index >= 15 is 0 Å².